The molecule has 1 atom stereocenters. The number of thioether (sulfide) groups is 1. The fraction of sp³-hybridized carbons (Fsp3) is 0.600. The summed E-state index contributed by atoms with van der Waals surface area (Å²) in [5.74, 6) is 0.271. The zero-order chi connectivity index (χ0) is 12.2. The van der Waals surface area contributed by atoms with Gasteiger partial charge in [-0.05, 0) is 13.5 Å². The molecule has 6 heteroatoms. The van der Waals surface area contributed by atoms with E-state index in [0.29, 0.717) is 12.3 Å². The molecule has 1 heterocycles. The number of nitrogens with one attached hydrogen (secondary N) is 1. The van der Waals surface area contributed by atoms with Crippen molar-refractivity contribution >= 4 is 17.7 Å². The van der Waals surface area contributed by atoms with Gasteiger partial charge in [0, 0.05) is 23.9 Å². The van der Waals surface area contributed by atoms with Crippen molar-refractivity contribution in [3.05, 3.63) is 12.4 Å². The summed E-state index contributed by atoms with van der Waals surface area (Å²) < 4.78 is 1.73. The third kappa shape index (κ3) is 3.24. The van der Waals surface area contributed by atoms with Crippen LogP contribution < -0.4 is 11.1 Å². The van der Waals surface area contributed by atoms with Crippen LogP contribution in [0, 0.1) is 0 Å². The molecule has 0 aliphatic carbocycles. The van der Waals surface area contributed by atoms with E-state index in [1.165, 1.54) is 0 Å². The second-order valence-corrected chi connectivity index (χ2v) is 4.91. The maximum absolute atomic E-state index is 11.4. The molecule has 1 aromatic heterocycles. The third-order valence-electron chi connectivity index (χ3n) is 2.32. The maximum Gasteiger partial charge on any atom is 0.238 e. The van der Waals surface area contributed by atoms with Crippen LogP contribution in [0.25, 0.3) is 0 Å². The average molecular weight is 242 g/mol. The summed E-state index contributed by atoms with van der Waals surface area (Å²) in [4.78, 5) is 12.4. The minimum Gasteiger partial charge on any atom is -0.368 e. The van der Waals surface area contributed by atoms with Crippen LogP contribution in [0.1, 0.15) is 13.8 Å². The van der Waals surface area contributed by atoms with Gasteiger partial charge < -0.3 is 11.1 Å². The first-order valence-electron chi connectivity index (χ1n) is 5.14. The molecule has 90 valence electrons. The van der Waals surface area contributed by atoms with Crippen LogP contribution in [0.4, 0.5) is 0 Å². The molecule has 0 aromatic carbocycles. The first-order chi connectivity index (χ1) is 7.48. The third-order valence-corrected chi connectivity index (χ3v) is 3.59. The SMILES string of the molecule is CCNC(C)(CSc1cnn(C)c1)C(N)=O. The van der Waals surface area contributed by atoms with Gasteiger partial charge in [0.1, 0.15) is 5.54 Å². The molecule has 1 aromatic rings. The lowest BCUT2D eigenvalue weighted by Gasteiger charge is -2.26. The fourth-order valence-corrected chi connectivity index (χ4v) is 2.35. The highest BCUT2D eigenvalue weighted by Gasteiger charge is 2.29. The van der Waals surface area contributed by atoms with Crippen LogP contribution in [0.2, 0.25) is 0 Å². The van der Waals surface area contributed by atoms with Crippen molar-refractivity contribution in [2.24, 2.45) is 12.8 Å². The molecule has 0 aliphatic rings. The molecule has 0 fully saturated rings. The van der Waals surface area contributed by atoms with Crippen LogP contribution in [0.5, 0.6) is 0 Å². The van der Waals surface area contributed by atoms with Gasteiger partial charge in [-0.15, -0.1) is 11.8 Å². The number of amides is 1. The van der Waals surface area contributed by atoms with Crippen molar-refractivity contribution in [3.8, 4) is 0 Å². The van der Waals surface area contributed by atoms with Crippen molar-refractivity contribution in [1.82, 2.24) is 15.1 Å². The van der Waals surface area contributed by atoms with E-state index in [-0.39, 0.29) is 5.91 Å². The Morgan fingerprint density at radius 3 is 2.88 bits per heavy atom. The summed E-state index contributed by atoms with van der Waals surface area (Å²) >= 11 is 1.57. The number of aromatic nitrogens is 2. The topological polar surface area (TPSA) is 72.9 Å². The standard InChI is InChI=1S/C10H18N4OS/c1-4-12-10(2,9(11)15)7-16-8-5-13-14(3)6-8/h5-6,12H,4,7H2,1-3H3,(H2,11,15). The van der Waals surface area contributed by atoms with Gasteiger partial charge in [-0.3, -0.25) is 9.48 Å². The molecule has 0 spiro atoms. The van der Waals surface area contributed by atoms with Crippen LogP contribution >= 0.6 is 11.8 Å². The summed E-state index contributed by atoms with van der Waals surface area (Å²) in [7, 11) is 1.86. The fourth-order valence-electron chi connectivity index (χ4n) is 1.30. The Morgan fingerprint density at radius 1 is 1.75 bits per heavy atom. The second kappa shape index (κ2) is 5.36. The number of carbonyl (C=O) groups is 1. The zero-order valence-electron chi connectivity index (χ0n) is 9.86. The summed E-state index contributed by atoms with van der Waals surface area (Å²) in [5.41, 5.74) is 4.72. The highest BCUT2D eigenvalue weighted by atomic mass is 32.2. The number of nitrogens with two attached hydrogens (primary N) is 1. The van der Waals surface area contributed by atoms with Crippen molar-refractivity contribution in [1.29, 1.82) is 0 Å². The van der Waals surface area contributed by atoms with Crippen molar-refractivity contribution in [3.63, 3.8) is 0 Å². The molecule has 3 N–H and O–H groups in total. The van der Waals surface area contributed by atoms with Crippen molar-refractivity contribution < 1.29 is 4.79 Å². The molecule has 0 saturated carbocycles. The monoisotopic (exact) mass is 242 g/mol. The van der Waals surface area contributed by atoms with E-state index < -0.39 is 5.54 Å². The Balaban J connectivity index is 2.60. The summed E-state index contributed by atoms with van der Waals surface area (Å²) in [6.45, 7) is 4.49. The molecule has 5 nitrogen and oxygen atoms in total. The van der Waals surface area contributed by atoms with Gasteiger partial charge >= 0.3 is 0 Å². The minimum absolute atomic E-state index is 0.328. The van der Waals surface area contributed by atoms with E-state index in [4.69, 9.17) is 5.73 Å². The van der Waals surface area contributed by atoms with Gasteiger partial charge in [-0.1, -0.05) is 6.92 Å². The number of nitrogens with zero attached hydrogens (tertiary/aromatic N) is 2. The normalized spacial score (nSPS) is 14.7. The van der Waals surface area contributed by atoms with E-state index in [1.807, 2.05) is 27.1 Å². The number of likely N-dealkylation sites (N-methyl/N-ethyl adjacent to an activating group) is 1. The Labute approximate surface area is 99.8 Å². The lowest BCUT2D eigenvalue weighted by molar-refractivity contribution is -0.122. The molecule has 0 bridgehead atoms. The largest absolute Gasteiger partial charge is 0.368 e. The molecular formula is C10H18N4OS. The number of rotatable bonds is 6. The van der Waals surface area contributed by atoms with E-state index in [9.17, 15) is 4.79 Å². The van der Waals surface area contributed by atoms with Gasteiger partial charge in [0.15, 0.2) is 0 Å². The Kier molecular flexibility index (Phi) is 4.37. The molecule has 1 amide bonds. The highest BCUT2D eigenvalue weighted by Crippen LogP contribution is 2.21. The predicted octanol–water partition coefficient (Wildman–Crippen LogP) is 0.366. The van der Waals surface area contributed by atoms with Gasteiger partial charge in [0.25, 0.3) is 0 Å². The van der Waals surface area contributed by atoms with E-state index in [0.717, 1.165) is 4.90 Å². The Morgan fingerprint density at radius 2 is 2.44 bits per heavy atom. The minimum atomic E-state index is -0.671. The first kappa shape index (κ1) is 13.1. The lowest BCUT2D eigenvalue weighted by Crippen LogP contribution is -2.55. The van der Waals surface area contributed by atoms with Crippen LogP contribution in [-0.2, 0) is 11.8 Å². The molecular weight excluding hydrogens is 224 g/mol. The van der Waals surface area contributed by atoms with Crippen LogP contribution in [0.3, 0.4) is 0 Å². The van der Waals surface area contributed by atoms with E-state index in [2.05, 4.69) is 10.4 Å². The number of primary amides is 1. The molecule has 1 unspecified atom stereocenters. The molecule has 1 rings (SSSR count). The molecule has 16 heavy (non-hydrogen) atoms. The van der Waals surface area contributed by atoms with E-state index >= 15 is 0 Å². The lowest BCUT2D eigenvalue weighted by atomic mass is 10.1. The number of aryl methyl sites for hydroxylation is 1. The summed E-state index contributed by atoms with van der Waals surface area (Å²) in [5, 5.41) is 7.18. The quantitative estimate of drug-likeness (QED) is 0.707. The van der Waals surface area contributed by atoms with Gasteiger partial charge in [-0.25, -0.2) is 0 Å². The molecule has 0 aliphatic heterocycles. The smallest absolute Gasteiger partial charge is 0.238 e. The summed E-state index contributed by atoms with van der Waals surface area (Å²) in [6.07, 6.45) is 3.69. The number of carbonyl (C=O) groups excluding carboxylic acids is 1. The number of hydrogen-bond acceptors (Lipinski definition) is 4. The van der Waals surface area contributed by atoms with Crippen LogP contribution in [0.15, 0.2) is 17.3 Å². The highest BCUT2D eigenvalue weighted by molar-refractivity contribution is 7.99. The van der Waals surface area contributed by atoms with E-state index in [1.54, 1.807) is 22.6 Å². The van der Waals surface area contributed by atoms with Gasteiger partial charge in [-0.2, -0.15) is 5.10 Å². The first-order valence-corrected chi connectivity index (χ1v) is 6.13. The summed E-state index contributed by atoms with van der Waals surface area (Å²) in [6, 6.07) is 0. The predicted molar refractivity (Wildman–Crippen MR) is 65.2 cm³/mol. The van der Waals surface area contributed by atoms with Crippen molar-refractivity contribution in [2.45, 2.75) is 24.3 Å². The zero-order valence-corrected chi connectivity index (χ0v) is 10.7. The Bertz CT molecular complexity index is 365. The number of hydrogen-bond donors (Lipinski definition) is 2. The second-order valence-electron chi connectivity index (χ2n) is 3.87. The Hall–Kier alpha value is -1.01. The maximum atomic E-state index is 11.4. The van der Waals surface area contributed by atoms with Crippen LogP contribution in [-0.4, -0.2) is 33.5 Å². The molecule has 0 radical (unpaired) electrons. The van der Waals surface area contributed by atoms with Crippen molar-refractivity contribution in [2.75, 3.05) is 12.3 Å². The average Bonchev–Trinajstić information content (AvgIpc) is 2.61. The van der Waals surface area contributed by atoms with Gasteiger partial charge in [0.2, 0.25) is 5.91 Å². The van der Waals surface area contributed by atoms with Gasteiger partial charge in [0.05, 0.1) is 6.20 Å². The molecule has 0 saturated heterocycles.